The van der Waals surface area contributed by atoms with Crippen molar-refractivity contribution in [3.8, 4) is 0 Å². The number of nitrogens with zero attached hydrogens (tertiary/aromatic N) is 5. The van der Waals surface area contributed by atoms with E-state index in [1.807, 2.05) is 30.9 Å². The van der Waals surface area contributed by atoms with Gasteiger partial charge in [-0.05, 0) is 38.0 Å². The number of furan rings is 1. The SMILES string of the molecule is CCNC(=NCC(c1ccc(C)o1)N1CCOCC1)N1CCC(c2cnn(C)c2)C1. The van der Waals surface area contributed by atoms with E-state index in [1.165, 1.54) is 5.56 Å². The zero-order valence-electron chi connectivity index (χ0n) is 18.4. The lowest BCUT2D eigenvalue weighted by Gasteiger charge is -2.33. The van der Waals surface area contributed by atoms with Crippen LogP contribution in [0.25, 0.3) is 0 Å². The van der Waals surface area contributed by atoms with Crippen LogP contribution >= 0.6 is 0 Å². The Kier molecular flexibility index (Phi) is 6.74. The zero-order chi connectivity index (χ0) is 20.9. The standard InChI is InChI=1S/C22H34N6O2/c1-4-23-22(28-8-7-18(16-28)19-13-25-26(3)15-19)24-14-20(21-6-5-17(2)30-21)27-9-11-29-12-10-27/h5-6,13,15,18,20H,4,7-12,14,16H2,1-3H3,(H,23,24). The molecule has 0 spiro atoms. The molecule has 2 aromatic heterocycles. The van der Waals surface area contributed by atoms with E-state index in [2.05, 4.69) is 39.4 Å². The average Bonchev–Trinajstić information content (AvgIpc) is 3.49. The van der Waals surface area contributed by atoms with Gasteiger partial charge in [-0.1, -0.05) is 0 Å². The number of guanidine groups is 1. The molecule has 0 aromatic carbocycles. The number of aromatic nitrogens is 2. The van der Waals surface area contributed by atoms with Gasteiger partial charge in [-0.2, -0.15) is 5.10 Å². The van der Waals surface area contributed by atoms with Gasteiger partial charge in [-0.25, -0.2) is 0 Å². The summed E-state index contributed by atoms with van der Waals surface area (Å²) in [6.07, 6.45) is 5.25. The second-order valence-corrected chi connectivity index (χ2v) is 8.19. The highest BCUT2D eigenvalue weighted by molar-refractivity contribution is 5.80. The van der Waals surface area contributed by atoms with Gasteiger partial charge in [-0.3, -0.25) is 14.6 Å². The molecule has 1 N–H and O–H groups in total. The molecule has 8 nitrogen and oxygen atoms in total. The molecule has 4 heterocycles. The lowest BCUT2D eigenvalue weighted by Crippen LogP contribution is -2.42. The number of morpholine rings is 1. The highest BCUT2D eigenvalue weighted by Gasteiger charge is 2.29. The monoisotopic (exact) mass is 414 g/mol. The topological polar surface area (TPSA) is 71.1 Å². The van der Waals surface area contributed by atoms with Gasteiger partial charge in [0.1, 0.15) is 11.5 Å². The number of hydrogen-bond acceptors (Lipinski definition) is 5. The Morgan fingerprint density at radius 2 is 2.13 bits per heavy atom. The summed E-state index contributed by atoms with van der Waals surface area (Å²) in [5.74, 6) is 3.43. The van der Waals surface area contributed by atoms with Crippen LogP contribution in [0.4, 0.5) is 0 Å². The molecular weight excluding hydrogens is 380 g/mol. The second-order valence-electron chi connectivity index (χ2n) is 8.19. The van der Waals surface area contributed by atoms with E-state index in [4.69, 9.17) is 14.1 Å². The molecule has 0 aliphatic carbocycles. The predicted octanol–water partition coefficient (Wildman–Crippen LogP) is 2.15. The van der Waals surface area contributed by atoms with Crippen molar-refractivity contribution >= 4 is 5.96 Å². The third-order valence-electron chi connectivity index (χ3n) is 6.01. The van der Waals surface area contributed by atoms with Crippen molar-refractivity contribution in [2.75, 3.05) is 52.5 Å². The van der Waals surface area contributed by atoms with Gasteiger partial charge in [0.05, 0.1) is 32.0 Å². The molecule has 0 amide bonds. The maximum Gasteiger partial charge on any atom is 0.194 e. The summed E-state index contributed by atoms with van der Waals surface area (Å²) < 4.78 is 13.4. The molecule has 2 aliphatic rings. The molecular formula is C22H34N6O2. The quantitative estimate of drug-likeness (QED) is 0.577. The van der Waals surface area contributed by atoms with E-state index in [-0.39, 0.29) is 6.04 Å². The first-order valence-electron chi connectivity index (χ1n) is 11.0. The number of nitrogens with one attached hydrogen (secondary N) is 1. The molecule has 0 bridgehead atoms. The normalized spacial score (nSPS) is 21.9. The van der Waals surface area contributed by atoms with Gasteiger partial charge in [0.2, 0.25) is 0 Å². The van der Waals surface area contributed by atoms with E-state index < -0.39 is 0 Å². The number of aliphatic imine (C=N–C) groups is 1. The summed E-state index contributed by atoms with van der Waals surface area (Å²) in [4.78, 5) is 9.87. The van der Waals surface area contributed by atoms with Gasteiger partial charge < -0.3 is 19.4 Å². The molecule has 0 radical (unpaired) electrons. The molecule has 2 atom stereocenters. The van der Waals surface area contributed by atoms with Gasteiger partial charge >= 0.3 is 0 Å². The maximum absolute atomic E-state index is 6.00. The molecule has 0 saturated carbocycles. The van der Waals surface area contributed by atoms with Crippen LogP contribution in [-0.2, 0) is 11.8 Å². The maximum atomic E-state index is 6.00. The highest BCUT2D eigenvalue weighted by atomic mass is 16.5. The first-order chi connectivity index (χ1) is 14.6. The van der Waals surface area contributed by atoms with E-state index >= 15 is 0 Å². The van der Waals surface area contributed by atoms with Crippen molar-refractivity contribution in [2.45, 2.75) is 32.2 Å². The Morgan fingerprint density at radius 1 is 1.30 bits per heavy atom. The number of rotatable bonds is 6. The fraction of sp³-hybridized carbons (Fsp3) is 0.636. The van der Waals surface area contributed by atoms with Crippen molar-refractivity contribution in [3.05, 3.63) is 41.6 Å². The van der Waals surface area contributed by atoms with E-state index in [0.717, 1.165) is 69.8 Å². The summed E-state index contributed by atoms with van der Waals surface area (Å²) in [5, 5.41) is 7.84. The van der Waals surface area contributed by atoms with Gasteiger partial charge in [0, 0.05) is 51.9 Å². The lowest BCUT2D eigenvalue weighted by molar-refractivity contribution is 0.0135. The van der Waals surface area contributed by atoms with E-state index in [0.29, 0.717) is 12.5 Å². The van der Waals surface area contributed by atoms with Crippen LogP contribution in [0.2, 0.25) is 0 Å². The summed E-state index contributed by atoms with van der Waals surface area (Å²) in [6.45, 7) is 11.0. The van der Waals surface area contributed by atoms with E-state index in [9.17, 15) is 0 Å². The third kappa shape index (κ3) is 4.87. The minimum atomic E-state index is 0.132. The molecule has 30 heavy (non-hydrogen) atoms. The first-order valence-corrected chi connectivity index (χ1v) is 11.0. The Balaban J connectivity index is 1.48. The minimum absolute atomic E-state index is 0.132. The molecule has 8 heteroatoms. The molecule has 2 unspecified atom stereocenters. The van der Waals surface area contributed by atoms with Gasteiger partial charge in [0.25, 0.3) is 0 Å². The third-order valence-corrected chi connectivity index (χ3v) is 6.01. The average molecular weight is 415 g/mol. The van der Waals surface area contributed by atoms with Crippen molar-refractivity contribution in [2.24, 2.45) is 12.0 Å². The second kappa shape index (κ2) is 9.66. The fourth-order valence-corrected chi connectivity index (χ4v) is 4.38. The molecule has 4 rings (SSSR count). The van der Waals surface area contributed by atoms with Crippen molar-refractivity contribution in [3.63, 3.8) is 0 Å². The molecule has 164 valence electrons. The summed E-state index contributed by atoms with van der Waals surface area (Å²) >= 11 is 0. The smallest absolute Gasteiger partial charge is 0.194 e. The first kappa shape index (κ1) is 20.9. The number of likely N-dealkylation sites (tertiary alicyclic amines) is 1. The van der Waals surface area contributed by atoms with Crippen LogP contribution < -0.4 is 5.32 Å². The van der Waals surface area contributed by atoms with Crippen molar-refractivity contribution in [1.29, 1.82) is 0 Å². The van der Waals surface area contributed by atoms with Crippen LogP contribution in [0.5, 0.6) is 0 Å². The number of hydrogen-bond donors (Lipinski definition) is 1. The largest absolute Gasteiger partial charge is 0.465 e. The van der Waals surface area contributed by atoms with Crippen LogP contribution in [-0.4, -0.2) is 78.0 Å². The van der Waals surface area contributed by atoms with E-state index in [1.54, 1.807) is 0 Å². The van der Waals surface area contributed by atoms with Crippen LogP contribution in [0, 0.1) is 6.92 Å². The van der Waals surface area contributed by atoms with Crippen LogP contribution in [0.3, 0.4) is 0 Å². The van der Waals surface area contributed by atoms with Crippen molar-refractivity contribution < 1.29 is 9.15 Å². The Bertz CT molecular complexity index is 838. The lowest BCUT2D eigenvalue weighted by atomic mass is 10.0. The minimum Gasteiger partial charge on any atom is -0.465 e. The molecule has 2 fully saturated rings. The van der Waals surface area contributed by atoms with Gasteiger partial charge in [-0.15, -0.1) is 0 Å². The van der Waals surface area contributed by atoms with Crippen LogP contribution in [0.1, 0.15) is 42.4 Å². The van der Waals surface area contributed by atoms with Crippen molar-refractivity contribution in [1.82, 2.24) is 24.9 Å². The predicted molar refractivity (Wildman–Crippen MR) is 117 cm³/mol. The fourth-order valence-electron chi connectivity index (χ4n) is 4.38. The van der Waals surface area contributed by atoms with Crippen LogP contribution in [0.15, 0.2) is 33.9 Å². The Labute approximate surface area is 178 Å². The Hall–Kier alpha value is -2.32. The summed E-state index contributed by atoms with van der Waals surface area (Å²) in [5.41, 5.74) is 1.31. The summed E-state index contributed by atoms with van der Waals surface area (Å²) in [7, 11) is 1.98. The summed E-state index contributed by atoms with van der Waals surface area (Å²) in [6, 6.07) is 4.26. The number of aryl methyl sites for hydroxylation is 2. The highest BCUT2D eigenvalue weighted by Crippen LogP contribution is 2.28. The number of ether oxygens (including phenoxy) is 1. The molecule has 2 aliphatic heterocycles. The molecule has 2 saturated heterocycles. The van der Waals surface area contributed by atoms with Gasteiger partial charge in [0.15, 0.2) is 5.96 Å². The molecule has 2 aromatic rings. The Morgan fingerprint density at radius 3 is 2.80 bits per heavy atom. The zero-order valence-corrected chi connectivity index (χ0v) is 18.4.